The molecular weight excluding hydrogens is 480 g/mol. The molecule has 6 nitrogen and oxygen atoms in total. The van der Waals surface area contributed by atoms with Gasteiger partial charge in [-0.1, -0.05) is 35.9 Å². The molecule has 5 rings (SSSR count). The van der Waals surface area contributed by atoms with Crippen LogP contribution < -0.4 is 4.74 Å². The SMILES string of the molecule is Cc1ccc(S(=O)(=O)N(CC(=O)N2CCc3sccc3C2COc2ccccc2)CC2CC2)cc1. The molecule has 2 aliphatic rings. The van der Waals surface area contributed by atoms with Gasteiger partial charge in [0.1, 0.15) is 12.4 Å². The number of ether oxygens (including phenoxy) is 1. The molecule has 0 N–H and O–H groups in total. The first-order chi connectivity index (χ1) is 16.9. The highest BCUT2D eigenvalue weighted by Gasteiger charge is 2.37. The van der Waals surface area contributed by atoms with E-state index in [0.717, 1.165) is 36.1 Å². The van der Waals surface area contributed by atoms with Crippen molar-refractivity contribution in [2.75, 3.05) is 26.2 Å². The van der Waals surface area contributed by atoms with Gasteiger partial charge in [0, 0.05) is 18.0 Å². The zero-order valence-corrected chi connectivity index (χ0v) is 21.4. The summed E-state index contributed by atoms with van der Waals surface area (Å²) in [6.07, 6.45) is 2.78. The summed E-state index contributed by atoms with van der Waals surface area (Å²) in [6.45, 7) is 3.02. The molecule has 1 fully saturated rings. The second-order valence-corrected chi connectivity index (χ2v) is 12.3. The van der Waals surface area contributed by atoms with E-state index in [1.807, 2.05) is 42.2 Å². The van der Waals surface area contributed by atoms with Crippen molar-refractivity contribution in [3.8, 4) is 5.75 Å². The van der Waals surface area contributed by atoms with E-state index in [0.29, 0.717) is 25.6 Å². The van der Waals surface area contributed by atoms with E-state index < -0.39 is 10.0 Å². The van der Waals surface area contributed by atoms with Crippen LogP contribution in [-0.4, -0.2) is 49.8 Å². The zero-order valence-electron chi connectivity index (χ0n) is 19.8. The van der Waals surface area contributed by atoms with Crippen molar-refractivity contribution >= 4 is 27.3 Å². The van der Waals surface area contributed by atoms with Crippen LogP contribution >= 0.6 is 11.3 Å². The number of sulfonamides is 1. The fourth-order valence-corrected chi connectivity index (χ4v) is 6.90. The molecule has 1 unspecified atom stereocenters. The van der Waals surface area contributed by atoms with Gasteiger partial charge in [0.15, 0.2) is 0 Å². The normalized spacial score (nSPS) is 17.9. The molecule has 0 bridgehead atoms. The third-order valence-corrected chi connectivity index (χ3v) is 9.52. The highest BCUT2D eigenvalue weighted by Crippen LogP contribution is 2.35. The summed E-state index contributed by atoms with van der Waals surface area (Å²) in [6, 6.07) is 18.2. The maximum Gasteiger partial charge on any atom is 0.243 e. The van der Waals surface area contributed by atoms with Crippen molar-refractivity contribution in [3.05, 3.63) is 82.0 Å². The summed E-state index contributed by atoms with van der Waals surface area (Å²) < 4.78 is 34.5. The van der Waals surface area contributed by atoms with E-state index in [1.165, 1.54) is 9.18 Å². The number of benzene rings is 2. The first kappa shape index (κ1) is 24.0. The molecule has 0 radical (unpaired) electrons. The Kier molecular flexibility index (Phi) is 6.95. The molecule has 1 saturated carbocycles. The number of hydrogen-bond acceptors (Lipinski definition) is 5. The molecule has 0 spiro atoms. The predicted octanol–water partition coefficient (Wildman–Crippen LogP) is 4.66. The first-order valence-electron chi connectivity index (χ1n) is 12.0. The van der Waals surface area contributed by atoms with Crippen LogP contribution in [0, 0.1) is 12.8 Å². The fraction of sp³-hybridized carbons (Fsp3) is 0.370. The molecule has 1 aliphatic carbocycles. The highest BCUT2D eigenvalue weighted by atomic mass is 32.2. The Morgan fingerprint density at radius 3 is 2.54 bits per heavy atom. The van der Waals surface area contributed by atoms with Gasteiger partial charge in [0.25, 0.3) is 0 Å². The number of fused-ring (bicyclic) bond motifs is 1. The van der Waals surface area contributed by atoms with Crippen molar-refractivity contribution in [2.24, 2.45) is 5.92 Å². The summed E-state index contributed by atoms with van der Waals surface area (Å²) in [5.74, 6) is 0.893. The minimum Gasteiger partial charge on any atom is -0.491 e. The molecule has 1 aliphatic heterocycles. The van der Waals surface area contributed by atoms with Crippen molar-refractivity contribution in [3.63, 3.8) is 0 Å². The molecule has 0 saturated heterocycles. The molecule has 1 aromatic heterocycles. The lowest BCUT2D eigenvalue weighted by molar-refractivity contribution is -0.135. The largest absolute Gasteiger partial charge is 0.491 e. The van der Waals surface area contributed by atoms with Crippen LogP contribution in [0.5, 0.6) is 5.75 Å². The van der Waals surface area contributed by atoms with Crippen LogP contribution in [0.4, 0.5) is 0 Å². The second-order valence-electron chi connectivity index (χ2n) is 9.33. The van der Waals surface area contributed by atoms with Crippen LogP contribution in [0.25, 0.3) is 0 Å². The summed E-state index contributed by atoms with van der Waals surface area (Å²) in [5, 5.41) is 2.05. The lowest BCUT2D eigenvalue weighted by Crippen LogP contribution is -2.48. The van der Waals surface area contributed by atoms with Gasteiger partial charge in [-0.3, -0.25) is 4.79 Å². The fourth-order valence-electron chi connectivity index (χ4n) is 4.50. The zero-order chi connectivity index (χ0) is 24.4. The third-order valence-electron chi connectivity index (χ3n) is 6.70. The predicted molar refractivity (Wildman–Crippen MR) is 137 cm³/mol. The maximum absolute atomic E-state index is 13.7. The number of rotatable bonds is 9. The number of carbonyl (C=O) groups excluding carboxylic acids is 1. The second kappa shape index (κ2) is 10.1. The highest BCUT2D eigenvalue weighted by molar-refractivity contribution is 7.89. The van der Waals surface area contributed by atoms with Gasteiger partial charge >= 0.3 is 0 Å². The molecule has 184 valence electrons. The Morgan fingerprint density at radius 2 is 1.83 bits per heavy atom. The molecule has 8 heteroatoms. The third kappa shape index (κ3) is 5.44. The average Bonchev–Trinajstić information content (AvgIpc) is 3.55. The minimum atomic E-state index is -3.77. The van der Waals surface area contributed by atoms with Crippen LogP contribution in [-0.2, 0) is 21.2 Å². The number of carbonyl (C=O) groups is 1. The Labute approximate surface area is 211 Å². The van der Waals surface area contributed by atoms with E-state index in [4.69, 9.17) is 4.74 Å². The summed E-state index contributed by atoms with van der Waals surface area (Å²) in [5.41, 5.74) is 2.09. The number of aryl methyl sites for hydroxylation is 1. The van der Waals surface area contributed by atoms with Crippen LogP contribution in [0.1, 0.15) is 34.9 Å². The molecule has 2 aromatic carbocycles. The Hall–Kier alpha value is -2.68. The van der Waals surface area contributed by atoms with Crippen LogP contribution in [0.3, 0.4) is 0 Å². The first-order valence-corrected chi connectivity index (χ1v) is 14.3. The van der Waals surface area contributed by atoms with Crippen LogP contribution in [0.15, 0.2) is 70.9 Å². The standard InChI is InChI=1S/C27H30N2O4S2/c1-20-7-11-23(12-8-20)35(31,32)28(17-21-9-10-21)18-27(30)29-15-13-26-24(14-16-34-26)25(29)19-33-22-5-3-2-4-6-22/h2-8,11-12,14,16,21,25H,9-10,13,15,17-19H2,1H3. The smallest absolute Gasteiger partial charge is 0.243 e. The van der Waals surface area contributed by atoms with E-state index >= 15 is 0 Å². The van der Waals surface area contributed by atoms with Gasteiger partial charge in [-0.25, -0.2) is 8.42 Å². The molecular formula is C27H30N2O4S2. The molecule has 2 heterocycles. The van der Waals surface area contributed by atoms with Gasteiger partial charge in [-0.2, -0.15) is 4.31 Å². The van der Waals surface area contributed by atoms with Gasteiger partial charge in [0.2, 0.25) is 15.9 Å². The Bertz CT molecular complexity index is 1270. The number of nitrogens with zero attached hydrogens (tertiary/aromatic N) is 2. The molecule has 1 atom stereocenters. The molecule has 3 aromatic rings. The van der Waals surface area contributed by atoms with Gasteiger partial charge < -0.3 is 9.64 Å². The number of hydrogen-bond donors (Lipinski definition) is 0. The van der Waals surface area contributed by atoms with E-state index in [1.54, 1.807) is 35.6 Å². The van der Waals surface area contributed by atoms with E-state index in [2.05, 4.69) is 11.4 Å². The quantitative estimate of drug-likeness (QED) is 0.420. The average molecular weight is 511 g/mol. The van der Waals surface area contributed by atoms with Crippen LogP contribution in [0.2, 0.25) is 0 Å². The number of thiophene rings is 1. The van der Waals surface area contributed by atoms with Gasteiger partial charge in [0.05, 0.1) is 17.5 Å². The topological polar surface area (TPSA) is 66.9 Å². The number of para-hydroxylation sites is 1. The monoisotopic (exact) mass is 510 g/mol. The lowest BCUT2D eigenvalue weighted by Gasteiger charge is -2.37. The Morgan fingerprint density at radius 1 is 1.09 bits per heavy atom. The van der Waals surface area contributed by atoms with E-state index in [-0.39, 0.29) is 23.4 Å². The van der Waals surface area contributed by atoms with Gasteiger partial charge in [-0.05, 0) is 73.4 Å². The summed E-state index contributed by atoms with van der Waals surface area (Å²) in [4.78, 5) is 17.0. The number of amides is 1. The molecule has 1 amide bonds. The van der Waals surface area contributed by atoms with Crippen molar-refractivity contribution in [1.29, 1.82) is 0 Å². The van der Waals surface area contributed by atoms with Gasteiger partial charge in [-0.15, -0.1) is 11.3 Å². The summed E-state index contributed by atoms with van der Waals surface area (Å²) in [7, 11) is -3.77. The summed E-state index contributed by atoms with van der Waals surface area (Å²) >= 11 is 1.70. The van der Waals surface area contributed by atoms with E-state index in [9.17, 15) is 13.2 Å². The van der Waals surface area contributed by atoms with Crippen molar-refractivity contribution in [1.82, 2.24) is 9.21 Å². The van der Waals surface area contributed by atoms with Crippen molar-refractivity contribution < 1.29 is 17.9 Å². The minimum absolute atomic E-state index is 0.159. The maximum atomic E-state index is 13.7. The Balaban J connectivity index is 1.37. The van der Waals surface area contributed by atoms with Crippen molar-refractivity contribution in [2.45, 2.75) is 37.1 Å². The lowest BCUT2D eigenvalue weighted by atomic mass is 10.0. The molecule has 35 heavy (non-hydrogen) atoms.